The highest BCUT2D eigenvalue weighted by atomic mass is 32.1. The summed E-state index contributed by atoms with van der Waals surface area (Å²) in [5, 5.41) is 3.27. The van der Waals surface area contributed by atoms with Crippen molar-refractivity contribution in [3.63, 3.8) is 0 Å². The van der Waals surface area contributed by atoms with Gasteiger partial charge in [0.2, 0.25) is 5.91 Å². The second-order valence-corrected chi connectivity index (χ2v) is 7.62. The maximum atomic E-state index is 12.4. The molecule has 0 aliphatic rings. The number of thiazole rings is 1. The zero-order valence-electron chi connectivity index (χ0n) is 16.5. The van der Waals surface area contributed by atoms with Crippen LogP contribution < -0.4 is 4.90 Å². The number of fused-ring (bicyclic) bond motifs is 1. The van der Waals surface area contributed by atoms with Gasteiger partial charge >= 0.3 is 5.97 Å². The minimum absolute atomic E-state index is 0.00338. The number of benzene rings is 2. The van der Waals surface area contributed by atoms with E-state index in [0.29, 0.717) is 10.8 Å². The molecule has 7 heteroatoms. The third-order valence-corrected chi connectivity index (χ3v) is 5.34. The molecule has 0 fully saturated rings. The van der Waals surface area contributed by atoms with Crippen molar-refractivity contribution in [3.05, 3.63) is 83.0 Å². The molecule has 0 N–H and O–H groups in total. The van der Waals surface area contributed by atoms with Crippen molar-refractivity contribution in [2.45, 2.75) is 20.5 Å². The van der Waals surface area contributed by atoms with E-state index in [1.54, 1.807) is 16.3 Å². The molecule has 0 unspecified atom stereocenters. The van der Waals surface area contributed by atoms with Crippen LogP contribution in [0.4, 0.5) is 10.8 Å². The third kappa shape index (κ3) is 4.21. The van der Waals surface area contributed by atoms with Crippen molar-refractivity contribution in [1.29, 1.82) is 0 Å². The average Bonchev–Trinajstić information content (AvgIpc) is 3.20. The van der Waals surface area contributed by atoms with E-state index in [4.69, 9.17) is 4.74 Å². The second-order valence-electron chi connectivity index (χ2n) is 6.78. The number of hydrogen-bond acceptors (Lipinski definition) is 6. The largest absolute Gasteiger partial charge is 0.454 e. The normalized spacial score (nSPS) is 10.7. The Morgan fingerprint density at radius 2 is 1.87 bits per heavy atom. The van der Waals surface area contributed by atoms with Gasteiger partial charge in [-0.3, -0.25) is 9.69 Å². The van der Waals surface area contributed by atoms with Gasteiger partial charge in [-0.25, -0.2) is 14.8 Å². The number of amides is 1. The summed E-state index contributed by atoms with van der Waals surface area (Å²) in [6.45, 7) is 3.47. The van der Waals surface area contributed by atoms with Gasteiger partial charge in [-0.2, -0.15) is 0 Å². The van der Waals surface area contributed by atoms with Crippen LogP contribution in [0.1, 0.15) is 28.7 Å². The number of para-hydroxylation sites is 1. The summed E-state index contributed by atoms with van der Waals surface area (Å²) < 4.78 is 5.38. The van der Waals surface area contributed by atoms with Gasteiger partial charge in [0.1, 0.15) is 12.3 Å². The van der Waals surface area contributed by atoms with Crippen LogP contribution in [0.2, 0.25) is 0 Å². The molecule has 2 aromatic carbocycles. The van der Waals surface area contributed by atoms with Crippen LogP contribution in [0.3, 0.4) is 0 Å². The molecule has 0 aliphatic heterocycles. The first-order valence-corrected chi connectivity index (χ1v) is 10.2. The van der Waals surface area contributed by atoms with E-state index in [1.807, 2.05) is 61.5 Å². The minimum Gasteiger partial charge on any atom is -0.454 e. The fourth-order valence-corrected chi connectivity index (χ4v) is 3.92. The first-order chi connectivity index (χ1) is 14.5. The van der Waals surface area contributed by atoms with Crippen LogP contribution in [0, 0.1) is 6.92 Å². The van der Waals surface area contributed by atoms with Crippen molar-refractivity contribution in [2.24, 2.45) is 0 Å². The third-order valence-electron chi connectivity index (χ3n) is 4.46. The van der Waals surface area contributed by atoms with Gasteiger partial charge in [-0.15, -0.1) is 11.3 Å². The zero-order valence-corrected chi connectivity index (χ0v) is 17.3. The standard InChI is InChI=1S/C23H19N3O3S/c1-15-6-5-8-19(12-15)26(16(2)27)23-24-18(14-30-23)13-29-22(28)21-11-10-17-7-3-4-9-20(17)25-21/h3-12,14H,13H2,1-2H3. The summed E-state index contributed by atoms with van der Waals surface area (Å²) in [5.74, 6) is -0.656. The Morgan fingerprint density at radius 3 is 2.67 bits per heavy atom. The number of ether oxygens (including phenoxy) is 1. The van der Waals surface area contributed by atoms with Gasteiger partial charge in [-0.1, -0.05) is 36.4 Å². The molecule has 2 aromatic heterocycles. The first-order valence-electron chi connectivity index (χ1n) is 9.36. The predicted molar refractivity (Wildman–Crippen MR) is 117 cm³/mol. The molecule has 0 aliphatic carbocycles. The van der Waals surface area contributed by atoms with Crippen molar-refractivity contribution in [2.75, 3.05) is 4.90 Å². The lowest BCUT2D eigenvalue weighted by Crippen LogP contribution is -2.22. The summed E-state index contributed by atoms with van der Waals surface area (Å²) in [7, 11) is 0. The number of carbonyl (C=O) groups is 2. The quantitative estimate of drug-likeness (QED) is 0.425. The summed E-state index contributed by atoms with van der Waals surface area (Å²) >= 11 is 1.32. The van der Waals surface area contributed by atoms with E-state index in [0.717, 1.165) is 22.2 Å². The molecular weight excluding hydrogens is 398 g/mol. The molecular formula is C23H19N3O3S. The number of rotatable bonds is 5. The number of carbonyl (C=O) groups excluding carboxylic acids is 2. The molecule has 0 saturated heterocycles. The molecule has 4 aromatic rings. The highest BCUT2D eigenvalue weighted by Crippen LogP contribution is 2.29. The minimum atomic E-state index is -0.516. The predicted octanol–water partition coefficient (Wildman–Crippen LogP) is 5.04. The van der Waals surface area contributed by atoms with E-state index in [2.05, 4.69) is 9.97 Å². The number of aryl methyl sites for hydroxylation is 1. The number of esters is 1. The lowest BCUT2D eigenvalue weighted by Gasteiger charge is -2.18. The van der Waals surface area contributed by atoms with Crippen LogP contribution in [0.15, 0.2) is 66.0 Å². The first kappa shape index (κ1) is 19.7. The van der Waals surface area contributed by atoms with Gasteiger partial charge in [0.25, 0.3) is 0 Å². The summed E-state index contributed by atoms with van der Waals surface area (Å²) in [4.78, 5) is 35.0. The zero-order chi connectivity index (χ0) is 21.1. The van der Waals surface area contributed by atoms with Crippen LogP contribution in [0.5, 0.6) is 0 Å². The smallest absolute Gasteiger partial charge is 0.357 e. The highest BCUT2D eigenvalue weighted by Gasteiger charge is 2.19. The van der Waals surface area contributed by atoms with Gasteiger partial charge in [0, 0.05) is 17.7 Å². The van der Waals surface area contributed by atoms with Crippen LogP contribution in [-0.4, -0.2) is 21.8 Å². The molecule has 2 heterocycles. The molecule has 0 saturated carbocycles. The fraction of sp³-hybridized carbons (Fsp3) is 0.130. The monoisotopic (exact) mass is 417 g/mol. The molecule has 1 amide bonds. The van der Waals surface area contributed by atoms with Gasteiger partial charge in [-0.05, 0) is 36.8 Å². The highest BCUT2D eigenvalue weighted by molar-refractivity contribution is 7.14. The molecule has 0 bridgehead atoms. The second kappa shape index (κ2) is 8.42. The van der Waals surface area contributed by atoms with Crippen molar-refractivity contribution < 1.29 is 14.3 Å². The van der Waals surface area contributed by atoms with E-state index in [1.165, 1.54) is 18.3 Å². The Kier molecular flexibility index (Phi) is 5.54. The van der Waals surface area contributed by atoms with E-state index in [-0.39, 0.29) is 18.2 Å². The number of aromatic nitrogens is 2. The summed E-state index contributed by atoms with van der Waals surface area (Å²) in [6, 6.07) is 18.7. The Hall–Kier alpha value is -3.58. The van der Waals surface area contributed by atoms with E-state index >= 15 is 0 Å². The molecule has 30 heavy (non-hydrogen) atoms. The number of anilines is 2. The summed E-state index contributed by atoms with van der Waals surface area (Å²) in [5.41, 5.74) is 3.35. The van der Waals surface area contributed by atoms with Crippen LogP contribution in [0.25, 0.3) is 10.9 Å². The Balaban J connectivity index is 1.48. The van der Waals surface area contributed by atoms with Gasteiger partial charge in [0.15, 0.2) is 5.13 Å². The molecule has 6 nitrogen and oxygen atoms in total. The van der Waals surface area contributed by atoms with Crippen LogP contribution in [-0.2, 0) is 16.1 Å². The van der Waals surface area contributed by atoms with Gasteiger partial charge < -0.3 is 4.74 Å². The Labute approximate surface area is 177 Å². The molecule has 0 spiro atoms. The fourth-order valence-electron chi connectivity index (χ4n) is 3.05. The molecule has 0 atom stereocenters. The topological polar surface area (TPSA) is 72.4 Å². The Morgan fingerprint density at radius 1 is 1.03 bits per heavy atom. The molecule has 0 radical (unpaired) electrons. The SMILES string of the molecule is CC(=O)N(c1cccc(C)c1)c1nc(COC(=O)c2ccc3ccccc3n2)cs1. The maximum absolute atomic E-state index is 12.4. The molecule has 4 rings (SSSR count). The van der Waals surface area contributed by atoms with E-state index < -0.39 is 5.97 Å². The Bertz CT molecular complexity index is 1240. The summed E-state index contributed by atoms with van der Waals surface area (Å²) in [6.07, 6.45) is 0. The maximum Gasteiger partial charge on any atom is 0.357 e. The van der Waals surface area contributed by atoms with Crippen molar-refractivity contribution in [1.82, 2.24) is 9.97 Å². The van der Waals surface area contributed by atoms with Gasteiger partial charge in [0.05, 0.1) is 16.9 Å². The lowest BCUT2D eigenvalue weighted by molar-refractivity contribution is -0.115. The van der Waals surface area contributed by atoms with Crippen molar-refractivity contribution >= 4 is 44.9 Å². The number of nitrogens with zero attached hydrogens (tertiary/aromatic N) is 3. The number of pyridine rings is 1. The van der Waals surface area contributed by atoms with E-state index in [9.17, 15) is 9.59 Å². The van der Waals surface area contributed by atoms with Crippen LogP contribution >= 0.6 is 11.3 Å². The average molecular weight is 417 g/mol. The lowest BCUT2D eigenvalue weighted by atomic mass is 10.2. The number of hydrogen-bond donors (Lipinski definition) is 0. The molecule has 150 valence electrons. The van der Waals surface area contributed by atoms with Crippen molar-refractivity contribution in [3.8, 4) is 0 Å².